The van der Waals surface area contributed by atoms with Gasteiger partial charge in [0.2, 0.25) is 0 Å². The van der Waals surface area contributed by atoms with E-state index in [1.165, 1.54) is 0 Å². The van der Waals surface area contributed by atoms with Crippen LogP contribution in [0.4, 0.5) is 0 Å². The maximum Gasteiger partial charge on any atom is 0.111 e. The molecule has 6 nitrogen and oxygen atoms in total. The van der Waals surface area contributed by atoms with Gasteiger partial charge in [-0.2, -0.15) is 10.2 Å². The molecule has 0 fully saturated rings. The lowest BCUT2D eigenvalue weighted by molar-refractivity contribution is 0.529. The van der Waals surface area contributed by atoms with Gasteiger partial charge in [-0.25, -0.2) is 4.98 Å². The number of rotatable bonds is 4. The molecule has 3 rings (SSSR count). The van der Waals surface area contributed by atoms with Crippen molar-refractivity contribution in [3.8, 4) is 0 Å². The third-order valence-corrected chi connectivity index (χ3v) is 3.48. The predicted octanol–water partition coefficient (Wildman–Crippen LogP) is 1.11. The Morgan fingerprint density at radius 1 is 1.25 bits per heavy atom. The van der Waals surface area contributed by atoms with Gasteiger partial charge >= 0.3 is 0 Å². The van der Waals surface area contributed by atoms with E-state index < -0.39 is 0 Å². The summed E-state index contributed by atoms with van der Waals surface area (Å²) in [6, 6.07) is 9.94. The molecule has 0 aliphatic rings. The number of nitrogens with one attached hydrogen (secondary N) is 1. The van der Waals surface area contributed by atoms with E-state index in [0.717, 1.165) is 22.4 Å². The Bertz CT molecular complexity index is 706. The molecule has 1 unspecified atom stereocenters. The lowest BCUT2D eigenvalue weighted by Gasteiger charge is -2.15. The summed E-state index contributed by atoms with van der Waals surface area (Å²) in [6.45, 7) is 0. The van der Waals surface area contributed by atoms with Crippen LogP contribution in [0, 0.1) is 0 Å². The molecule has 0 saturated heterocycles. The van der Waals surface area contributed by atoms with Crippen LogP contribution < -0.4 is 11.3 Å². The third kappa shape index (κ3) is 2.26. The monoisotopic (exact) mass is 268 g/mol. The van der Waals surface area contributed by atoms with E-state index in [4.69, 9.17) is 5.84 Å². The number of para-hydroxylation sites is 2. The topological polar surface area (TPSA) is 81.7 Å². The molecular weight excluding hydrogens is 252 g/mol. The Kier molecular flexibility index (Phi) is 3.41. The Hall–Kier alpha value is -2.31. The Labute approximate surface area is 116 Å². The predicted molar refractivity (Wildman–Crippen MR) is 76.5 cm³/mol. The SMILES string of the molecule is Cn1c(CC(NN)c2ccnnc2)nc2ccccc21. The highest BCUT2D eigenvalue weighted by Crippen LogP contribution is 2.20. The van der Waals surface area contributed by atoms with Crippen molar-refractivity contribution in [1.29, 1.82) is 0 Å². The molecule has 3 aromatic rings. The number of imidazole rings is 1. The smallest absolute Gasteiger partial charge is 0.111 e. The number of hydrogen-bond donors (Lipinski definition) is 2. The molecule has 102 valence electrons. The van der Waals surface area contributed by atoms with Crippen LogP contribution in [0.1, 0.15) is 17.4 Å². The number of hydrogen-bond acceptors (Lipinski definition) is 5. The van der Waals surface area contributed by atoms with Crippen LogP contribution >= 0.6 is 0 Å². The van der Waals surface area contributed by atoms with Crippen LogP contribution in [0.15, 0.2) is 42.7 Å². The van der Waals surface area contributed by atoms with E-state index in [0.29, 0.717) is 6.42 Å². The number of nitrogens with two attached hydrogens (primary N) is 1. The van der Waals surface area contributed by atoms with Gasteiger partial charge in [0.1, 0.15) is 5.82 Å². The summed E-state index contributed by atoms with van der Waals surface area (Å²) in [7, 11) is 2.02. The van der Waals surface area contributed by atoms with Crippen LogP contribution in [0.5, 0.6) is 0 Å². The van der Waals surface area contributed by atoms with Crippen molar-refractivity contribution in [3.63, 3.8) is 0 Å². The maximum absolute atomic E-state index is 5.66. The van der Waals surface area contributed by atoms with E-state index in [1.54, 1.807) is 12.4 Å². The summed E-state index contributed by atoms with van der Waals surface area (Å²) in [6.07, 6.45) is 4.06. The quantitative estimate of drug-likeness (QED) is 0.547. The summed E-state index contributed by atoms with van der Waals surface area (Å²) in [5, 5.41) is 7.67. The Balaban J connectivity index is 1.94. The van der Waals surface area contributed by atoms with Crippen molar-refractivity contribution in [3.05, 3.63) is 54.1 Å². The van der Waals surface area contributed by atoms with Crippen LogP contribution in [-0.4, -0.2) is 19.7 Å². The molecule has 1 atom stereocenters. The molecular formula is C14H16N6. The van der Waals surface area contributed by atoms with Crippen molar-refractivity contribution < 1.29 is 0 Å². The first-order chi connectivity index (χ1) is 9.79. The second-order valence-corrected chi connectivity index (χ2v) is 4.67. The molecule has 0 saturated carbocycles. The van der Waals surface area contributed by atoms with E-state index in [-0.39, 0.29) is 6.04 Å². The summed E-state index contributed by atoms with van der Waals surface area (Å²) < 4.78 is 2.09. The number of hydrazine groups is 1. The highest BCUT2D eigenvalue weighted by Gasteiger charge is 2.15. The second kappa shape index (κ2) is 5.36. The Morgan fingerprint density at radius 3 is 2.80 bits per heavy atom. The van der Waals surface area contributed by atoms with Crippen molar-refractivity contribution in [2.24, 2.45) is 12.9 Å². The molecule has 1 aromatic carbocycles. The first kappa shape index (κ1) is 12.7. The number of benzene rings is 1. The van der Waals surface area contributed by atoms with Crippen molar-refractivity contribution >= 4 is 11.0 Å². The molecule has 0 aliphatic heterocycles. The summed E-state index contributed by atoms with van der Waals surface area (Å²) in [5.41, 5.74) is 5.92. The lowest BCUT2D eigenvalue weighted by Crippen LogP contribution is -2.30. The molecule has 20 heavy (non-hydrogen) atoms. The number of aromatic nitrogens is 4. The molecule has 2 aromatic heterocycles. The van der Waals surface area contributed by atoms with Gasteiger partial charge in [0.15, 0.2) is 0 Å². The van der Waals surface area contributed by atoms with Crippen LogP contribution in [0.25, 0.3) is 11.0 Å². The first-order valence-corrected chi connectivity index (χ1v) is 6.42. The second-order valence-electron chi connectivity index (χ2n) is 4.67. The van der Waals surface area contributed by atoms with E-state index >= 15 is 0 Å². The zero-order chi connectivity index (χ0) is 13.9. The standard InChI is InChI=1S/C14H16N6/c1-20-13-5-3-2-4-11(13)18-14(20)8-12(19-15)10-6-7-16-17-9-10/h2-7,9,12,19H,8,15H2,1H3. The molecule has 0 spiro atoms. The normalized spacial score (nSPS) is 12.7. The highest BCUT2D eigenvalue weighted by molar-refractivity contribution is 5.75. The average Bonchev–Trinajstić information content (AvgIpc) is 2.82. The average molecular weight is 268 g/mol. The van der Waals surface area contributed by atoms with Crippen molar-refractivity contribution in [2.75, 3.05) is 0 Å². The van der Waals surface area contributed by atoms with Gasteiger partial charge in [0.25, 0.3) is 0 Å². The summed E-state index contributed by atoms with van der Waals surface area (Å²) in [4.78, 5) is 4.66. The first-order valence-electron chi connectivity index (χ1n) is 6.42. The van der Waals surface area contributed by atoms with Gasteiger partial charge in [-0.15, -0.1) is 0 Å². The largest absolute Gasteiger partial charge is 0.331 e. The number of nitrogens with zero attached hydrogens (tertiary/aromatic N) is 4. The molecule has 0 amide bonds. The van der Waals surface area contributed by atoms with Crippen LogP contribution in [0.3, 0.4) is 0 Å². The van der Waals surface area contributed by atoms with Gasteiger partial charge < -0.3 is 4.57 Å². The Morgan fingerprint density at radius 2 is 2.10 bits per heavy atom. The van der Waals surface area contributed by atoms with Gasteiger partial charge in [0.05, 0.1) is 23.3 Å². The lowest BCUT2D eigenvalue weighted by atomic mass is 10.1. The molecule has 3 N–H and O–H groups in total. The highest BCUT2D eigenvalue weighted by atomic mass is 15.2. The van der Waals surface area contributed by atoms with Crippen molar-refractivity contribution in [1.82, 2.24) is 25.2 Å². The van der Waals surface area contributed by atoms with Gasteiger partial charge in [-0.1, -0.05) is 12.1 Å². The fraction of sp³-hybridized carbons (Fsp3) is 0.214. The minimum atomic E-state index is -0.0407. The molecule has 2 heterocycles. The van der Waals surface area contributed by atoms with E-state index in [2.05, 4.69) is 31.2 Å². The summed E-state index contributed by atoms with van der Waals surface area (Å²) >= 11 is 0. The molecule has 0 radical (unpaired) electrons. The molecule has 6 heteroatoms. The zero-order valence-corrected chi connectivity index (χ0v) is 11.2. The fourth-order valence-electron chi connectivity index (χ4n) is 2.34. The summed E-state index contributed by atoms with van der Waals surface area (Å²) in [5.74, 6) is 6.64. The number of aryl methyl sites for hydroxylation is 1. The van der Waals surface area contributed by atoms with Crippen molar-refractivity contribution in [2.45, 2.75) is 12.5 Å². The molecule has 0 bridgehead atoms. The number of fused-ring (bicyclic) bond motifs is 1. The van der Waals surface area contributed by atoms with Gasteiger partial charge in [-0.05, 0) is 23.8 Å². The van der Waals surface area contributed by atoms with E-state index in [9.17, 15) is 0 Å². The van der Waals surface area contributed by atoms with Crippen LogP contribution in [-0.2, 0) is 13.5 Å². The van der Waals surface area contributed by atoms with Gasteiger partial charge in [-0.3, -0.25) is 11.3 Å². The van der Waals surface area contributed by atoms with E-state index in [1.807, 2.05) is 31.3 Å². The maximum atomic E-state index is 5.66. The minimum Gasteiger partial charge on any atom is -0.331 e. The zero-order valence-electron chi connectivity index (χ0n) is 11.2. The third-order valence-electron chi connectivity index (χ3n) is 3.48. The minimum absolute atomic E-state index is 0.0407. The van der Waals surface area contributed by atoms with Crippen LogP contribution in [0.2, 0.25) is 0 Å². The molecule has 0 aliphatic carbocycles. The fourth-order valence-corrected chi connectivity index (χ4v) is 2.34. The van der Waals surface area contributed by atoms with Gasteiger partial charge in [0, 0.05) is 19.7 Å².